The van der Waals surface area contributed by atoms with Gasteiger partial charge >= 0.3 is 0 Å². The summed E-state index contributed by atoms with van der Waals surface area (Å²) < 4.78 is 5.22. The smallest absolute Gasteiger partial charge is 0.227 e. The highest BCUT2D eigenvalue weighted by atomic mass is 16.3. The molecule has 2 atom stereocenters. The molecule has 126 valence electrons. The molecule has 1 aliphatic rings. The number of nitrogens with one attached hydrogen (secondary N) is 1. The lowest BCUT2D eigenvalue weighted by molar-refractivity contribution is -0.127. The van der Waals surface area contributed by atoms with Gasteiger partial charge in [-0.3, -0.25) is 9.59 Å². The molecule has 6 nitrogen and oxygen atoms in total. The lowest BCUT2D eigenvalue weighted by Gasteiger charge is -2.18. The highest BCUT2D eigenvalue weighted by Crippen LogP contribution is 2.26. The van der Waals surface area contributed by atoms with Crippen LogP contribution in [0.25, 0.3) is 0 Å². The van der Waals surface area contributed by atoms with Gasteiger partial charge in [-0.2, -0.15) is 0 Å². The van der Waals surface area contributed by atoms with Crippen LogP contribution in [-0.4, -0.2) is 30.1 Å². The SMILES string of the molecule is Cc1ccc(N2CC(C(=O)NC(CO)c3ccco3)CC2=O)cc1. The van der Waals surface area contributed by atoms with E-state index in [0.717, 1.165) is 11.3 Å². The summed E-state index contributed by atoms with van der Waals surface area (Å²) in [5.74, 6) is -0.278. The third-order valence-electron chi connectivity index (χ3n) is 4.23. The van der Waals surface area contributed by atoms with Crippen LogP contribution >= 0.6 is 0 Å². The van der Waals surface area contributed by atoms with Crippen molar-refractivity contribution in [2.75, 3.05) is 18.1 Å². The number of furan rings is 1. The second kappa shape index (κ2) is 6.88. The van der Waals surface area contributed by atoms with Crippen LogP contribution in [-0.2, 0) is 9.59 Å². The van der Waals surface area contributed by atoms with Crippen LogP contribution in [0.2, 0.25) is 0 Å². The van der Waals surface area contributed by atoms with E-state index in [0.29, 0.717) is 12.3 Å². The van der Waals surface area contributed by atoms with Gasteiger partial charge in [0, 0.05) is 18.7 Å². The van der Waals surface area contributed by atoms with Crippen molar-refractivity contribution < 1.29 is 19.1 Å². The number of rotatable bonds is 5. The summed E-state index contributed by atoms with van der Waals surface area (Å²) >= 11 is 0. The van der Waals surface area contributed by atoms with Crippen molar-refractivity contribution in [3.8, 4) is 0 Å². The summed E-state index contributed by atoms with van der Waals surface area (Å²) in [7, 11) is 0. The zero-order valence-electron chi connectivity index (χ0n) is 13.4. The van der Waals surface area contributed by atoms with Gasteiger partial charge < -0.3 is 19.7 Å². The number of aryl methyl sites for hydroxylation is 1. The normalized spacial score (nSPS) is 18.7. The summed E-state index contributed by atoms with van der Waals surface area (Å²) in [6.45, 7) is 2.06. The second-order valence-electron chi connectivity index (χ2n) is 6.00. The maximum Gasteiger partial charge on any atom is 0.227 e. The number of amides is 2. The Hall–Kier alpha value is -2.60. The monoisotopic (exact) mass is 328 g/mol. The van der Waals surface area contributed by atoms with E-state index in [1.807, 2.05) is 31.2 Å². The van der Waals surface area contributed by atoms with E-state index in [9.17, 15) is 14.7 Å². The van der Waals surface area contributed by atoms with Crippen LogP contribution in [0.4, 0.5) is 5.69 Å². The minimum atomic E-state index is -0.601. The average molecular weight is 328 g/mol. The van der Waals surface area contributed by atoms with Gasteiger partial charge in [-0.25, -0.2) is 0 Å². The standard InChI is InChI=1S/C18H20N2O4/c1-12-4-6-14(7-5-12)20-10-13(9-17(20)22)18(23)19-15(11-21)16-3-2-8-24-16/h2-8,13,15,21H,9-11H2,1H3,(H,19,23). The number of carbonyl (C=O) groups is 2. The topological polar surface area (TPSA) is 82.8 Å². The molecule has 1 aromatic heterocycles. The fraction of sp³-hybridized carbons (Fsp3) is 0.333. The van der Waals surface area contributed by atoms with Crippen molar-refractivity contribution in [2.24, 2.45) is 5.92 Å². The fourth-order valence-corrected chi connectivity index (χ4v) is 2.84. The van der Waals surface area contributed by atoms with Crippen molar-refractivity contribution in [1.82, 2.24) is 5.32 Å². The van der Waals surface area contributed by atoms with Crippen molar-refractivity contribution in [1.29, 1.82) is 0 Å². The quantitative estimate of drug-likeness (QED) is 0.876. The number of nitrogens with zero attached hydrogens (tertiary/aromatic N) is 1. The molecule has 2 heterocycles. The molecule has 1 aromatic carbocycles. The van der Waals surface area contributed by atoms with Gasteiger partial charge in [-0.05, 0) is 31.2 Å². The highest BCUT2D eigenvalue weighted by molar-refractivity contribution is 6.00. The summed E-state index contributed by atoms with van der Waals surface area (Å²) in [6.07, 6.45) is 1.65. The van der Waals surface area contributed by atoms with Crippen LogP contribution in [0.1, 0.15) is 23.8 Å². The Bertz CT molecular complexity index is 709. The Kier molecular flexibility index (Phi) is 4.66. The minimum absolute atomic E-state index is 0.0717. The molecule has 1 aliphatic heterocycles. The molecule has 2 amide bonds. The first-order chi connectivity index (χ1) is 11.6. The summed E-state index contributed by atoms with van der Waals surface area (Å²) in [5.41, 5.74) is 1.91. The molecule has 0 radical (unpaired) electrons. The third-order valence-corrected chi connectivity index (χ3v) is 4.23. The Balaban J connectivity index is 1.66. The van der Waals surface area contributed by atoms with Crippen LogP contribution in [0.5, 0.6) is 0 Å². The van der Waals surface area contributed by atoms with Gasteiger partial charge in [0.2, 0.25) is 11.8 Å². The van der Waals surface area contributed by atoms with Gasteiger partial charge in [0.25, 0.3) is 0 Å². The van der Waals surface area contributed by atoms with E-state index in [-0.39, 0.29) is 24.8 Å². The van der Waals surface area contributed by atoms with Gasteiger partial charge in [-0.1, -0.05) is 17.7 Å². The van der Waals surface area contributed by atoms with Crippen molar-refractivity contribution >= 4 is 17.5 Å². The summed E-state index contributed by atoms with van der Waals surface area (Å²) in [6, 6.07) is 10.4. The van der Waals surface area contributed by atoms with E-state index < -0.39 is 12.0 Å². The van der Waals surface area contributed by atoms with Crippen LogP contribution < -0.4 is 10.2 Å². The van der Waals surface area contributed by atoms with Gasteiger partial charge in [0.1, 0.15) is 11.8 Å². The van der Waals surface area contributed by atoms with Crippen molar-refractivity contribution in [2.45, 2.75) is 19.4 Å². The summed E-state index contributed by atoms with van der Waals surface area (Å²) in [5, 5.41) is 12.2. The molecule has 2 aromatic rings. The Morgan fingerprint density at radius 2 is 2.12 bits per heavy atom. The molecule has 24 heavy (non-hydrogen) atoms. The molecular formula is C18H20N2O4. The molecule has 2 unspecified atom stereocenters. The van der Waals surface area contributed by atoms with Gasteiger partial charge in [-0.15, -0.1) is 0 Å². The van der Waals surface area contributed by atoms with Crippen molar-refractivity contribution in [3.63, 3.8) is 0 Å². The first-order valence-electron chi connectivity index (χ1n) is 7.90. The molecular weight excluding hydrogens is 308 g/mol. The zero-order valence-corrected chi connectivity index (χ0v) is 13.4. The number of aliphatic hydroxyl groups is 1. The molecule has 2 N–H and O–H groups in total. The van der Waals surface area contributed by atoms with Crippen LogP contribution in [0, 0.1) is 12.8 Å². The van der Waals surface area contributed by atoms with E-state index >= 15 is 0 Å². The lowest BCUT2D eigenvalue weighted by Crippen LogP contribution is -2.36. The molecule has 0 bridgehead atoms. The Morgan fingerprint density at radius 3 is 2.75 bits per heavy atom. The van der Waals surface area contributed by atoms with Crippen LogP contribution in [0.15, 0.2) is 47.1 Å². The molecule has 6 heteroatoms. The molecule has 3 rings (SSSR count). The number of aliphatic hydroxyl groups excluding tert-OH is 1. The maximum absolute atomic E-state index is 12.4. The fourth-order valence-electron chi connectivity index (χ4n) is 2.84. The second-order valence-corrected chi connectivity index (χ2v) is 6.00. The number of carbonyl (C=O) groups excluding carboxylic acids is 2. The molecule has 1 fully saturated rings. The Morgan fingerprint density at radius 1 is 1.38 bits per heavy atom. The maximum atomic E-state index is 12.4. The number of hydrogen-bond acceptors (Lipinski definition) is 4. The number of anilines is 1. The van der Waals surface area contributed by atoms with Gasteiger partial charge in [0.05, 0.1) is 18.8 Å². The Labute approximate surface area is 140 Å². The van der Waals surface area contributed by atoms with Crippen LogP contribution in [0.3, 0.4) is 0 Å². The van der Waals surface area contributed by atoms with E-state index in [2.05, 4.69) is 5.32 Å². The van der Waals surface area contributed by atoms with Crippen molar-refractivity contribution in [3.05, 3.63) is 54.0 Å². The number of benzene rings is 1. The van der Waals surface area contributed by atoms with E-state index in [1.54, 1.807) is 17.0 Å². The minimum Gasteiger partial charge on any atom is -0.467 e. The summed E-state index contributed by atoms with van der Waals surface area (Å²) in [4.78, 5) is 26.3. The molecule has 0 spiro atoms. The predicted molar refractivity (Wildman–Crippen MR) is 88.3 cm³/mol. The van der Waals surface area contributed by atoms with Gasteiger partial charge in [0.15, 0.2) is 0 Å². The zero-order chi connectivity index (χ0) is 17.1. The largest absolute Gasteiger partial charge is 0.467 e. The highest BCUT2D eigenvalue weighted by Gasteiger charge is 2.36. The van der Waals surface area contributed by atoms with E-state index in [1.165, 1.54) is 6.26 Å². The van der Waals surface area contributed by atoms with E-state index in [4.69, 9.17) is 4.42 Å². The lowest BCUT2D eigenvalue weighted by atomic mass is 10.1. The average Bonchev–Trinajstić information content (AvgIpc) is 3.23. The molecule has 1 saturated heterocycles. The first kappa shape index (κ1) is 16.3. The third kappa shape index (κ3) is 3.33. The predicted octanol–water partition coefficient (Wildman–Crippen LogP) is 1.79. The molecule has 0 saturated carbocycles. The number of hydrogen-bond donors (Lipinski definition) is 2. The molecule has 0 aliphatic carbocycles. The first-order valence-corrected chi connectivity index (χ1v) is 7.90.